The zero-order chi connectivity index (χ0) is 69.4. The number of furan rings is 1. The van der Waals surface area contributed by atoms with Crippen LogP contribution in [-0.4, -0.2) is 48.0 Å². The maximum absolute atomic E-state index is 6.55. The molecule has 0 unspecified atom stereocenters. The minimum Gasteiger partial charge on any atom is -0.501 e. The fourth-order valence-corrected chi connectivity index (χ4v) is 13.8. The van der Waals surface area contributed by atoms with Crippen molar-refractivity contribution in [3.8, 4) is 73.3 Å². The summed E-state index contributed by atoms with van der Waals surface area (Å²) in [6.45, 7) is 22.0. The Morgan fingerprint density at radius 2 is 1.23 bits per heavy atom. The summed E-state index contributed by atoms with van der Waals surface area (Å²) in [5.74, 6) is 4.48. The molecule has 7 heterocycles. The van der Waals surface area contributed by atoms with Crippen LogP contribution < -0.4 is 4.57 Å². The van der Waals surface area contributed by atoms with Gasteiger partial charge in [0.15, 0.2) is 5.82 Å². The minimum absolute atomic E-state index is 0. The average molecular weight is 1510 g/mol. The first-order valence-electron chi connectivity index (χ1n) is 34.7. The number of rotatable bonds is 12. The molecule has 0 aliphatic rings. The van der Waals surface area contributed by atoms with Crippen molar-refractivity contribution in [3.05, 3.63) is 295 Å². The van der Waals surface area contributed by atoms with E-state index >= 15 is 0 Å². The van der Waals surface area contributed by atoms with E-state index in [1.165, 1.54) is 27.9 Å². The summed E-state index contributed by atoms with van der Waals surface area (Å²) in [5, 5.41) is 2.15. The Hall–Kier alpha value is -11.2. The summed E-state index contributed by atoms with van der Waals surface area (Å²) in [5.41, 5.74) is 23.7. The molecule has 0 aliphatic heterocycles. The first-order valence-corrected chi connectivity index (χ1v) is 34.7. The van der Waals surface area contributed by atoms with Crippen molar-refractivity contribution < 1.29 is 29.1 Å². The molecule has 1 radical (unpaired) electrons. The second-order valence-electron chi connectivity index (χ2n) is 28.8. The Bertz CT molecular complexity index is 5900. The molecular formula is C89H76IrN11O-3. The van der Waals surface area contributed by atoms with Gasteiger partial charge in [0, 0.05) is 71.3 Å². The van der Waals surface area contributed by atoms with Crippen molar-refractivity contribution in [1.82, 2.24) is 48.0 Å². The predicted molar refractivity (Wildman–Crippen MR) is 407 cm³/mol. The van der Waals surface area contributed by atoms with Crippen LogP contribution >= 0.6 is 0 Å². The number of benzene rings is 10. The van der Waals surface area contributed by atoms with Crippen LogP contribution in [0, 0.1) is 24.5 Å². The number of para-hydroxylation sites is 6. The van der Waals surface area contributed by atoms with Gasteiger partial charge in [0.2, 0.25) is 12.1 Å². The van der Waals surface area contributed by atoms with Gasteiger partial charge in [-0.15, -0.1) is 48.0 Å². The van der Waals surface area contributed by atoms with Gasteiger partial charge < -0.3 is 23.1 Å². The van der Waals surface area contributed by atoms with E-state index in [0.29, 0.717) is 5.82 Å². The third-order valence-corrected chi connectivity index (χ3v) is 19.0. The van der Waals surface area contributed by atoms with Gasteiger partial charge in [-0.05, 0) is 124 Å². The molecule has 0 saturated heterocycles. The summed E-state index contributed by atoms with van der Waals surface area (Å²) >= 11 is 0. The van der Waals surface area contributed by atoms with Crippen molar-refractivity contribution in [2.75, 3.05) is 0 Å². The monoisotopic (exact) mass is 1510 g/mol. The van der Waals surface area contributed by atoms with Gasteiger partial charge in [-0.3, -0.25) is 14.0 Å². The van der Waals surface area contributed by atoms with Crippen molar-refractivity contribution in [2.45, 2.75) is 98.3 Å². The van der Waals surface area contributed by atoms with Crippen molar-refractivity contribution in [2.24, 2.45) is 7.05 Å². The molecule has 102 heavy (non-hydrogen) atoms. The van der Waals surface area contributed by atoms with E-state index in [-0.39, 0.29) is 42.8 Å². The molecule has 0 N–H and O–H groups in total. The summed E-state index contributed by atoms with van der Waals surface area (Å²) in [4.78, 5) is 29.9. The maximum Gasteiger partial charge on any atom is 0.241 e. The van der Waals surface area contributed by atoms with Crippen molar-refractivity contribution in [3.63, 3.8) is 0 Å². The molecule has 0 saturated carbocycles. The van der Waals surface area contributed by atoms with Crippen molar-refractivity contribution in [1.29, 1.82) is 0 Å². The number of imidazole rings is 4. The van der Waals surface area contributed by atoms with E-state index in [9.17, 15) is 0 Å². The van der Waals surface area contributed by atoms with Gasteiger partial charge in [0.05, 0.1) is 51.6 Å². The molecule has 0 bridgehead atoms. The van der Waals surface area contributed by atoms with Crippen LogP contribution in [-0.2, 0) is 44.4 Å². The third-order valence-electron chi connectivity index (χ3n) is 19.0. The second kappa shape index (κ2) is 26.7. The molecule has 13 heteroatoms. The Balaban J connectivity index is 0.000000165. The molecule has 17 aromatic rings. The van der Waals surface area contributed by atoms with Gasteiger partial charge in [0.25, 0.3) is 0 Å². The molecule has 10 aromatic carbocycles. The first kappa shape index (κ1) is 66.6. The Morgan fingerprint density at radius 1 is 0.529 bits per heavy atom. The van der Waals surface area contributed by atoms with Crippen LogP contribution in [0.2, 0.25) is 0 Å². The van der Waals surface area contributed by atoms with Gasteiger partial charge in [-0.1, -0.05) is 195 Å². The summed E-state index contributed by atoms with van der Waals surface area (Å²) < 4.78 is 17.6. The fraction of sp³-hybridized carbons (Fsp3) is 0.180. The van der Waals surface area contributed by atoms with E-state index in [1.54, 1.807) is 0 Å². The van der Waals surface area contributed by atoms with Crippen LogP contribution in [0.5, 0.6) is 0 Å². The molecule has 0 amide bonds. The molecule has 0 fully saturated rings. The summed E-state index contributed by atoms with van der Waals surface area (Å²) in [7, 11) is 2.05. The number of hydrogen-bond donors (Lipinski definition) is 0. The third kappa shape index (κ3) is 12.3. The molecular weight excluding hydrogens is 1430 g/mol. The SMILES string of the molecule is CC(C)c1cc(-c2ccc(-c3nc(C(C)(C)C)nc(C(C)(C)C)n3)cc2)cc(C(C)C)c1-n1c(-c2[c-]ccc3c2oc2ccccc23)nc2ccccc21.C[n+]1[c-]n(-c2[c-]cccc2)cc1Cc1ccc2c(c1)n1c3c(-c4cc[c-]c(-c5ccccn5)c4)cccc3nc1n2-c1ccccc1.[Ir]. The summed E-state index contributed by atoms with van der Waals surface area (Å²) in [6.07, 6.45) is 8.12. The molecule has 7 aromatic heterocycles. The zero-order valence-corrected chi connectivity index (χ0v) is 61.4. The molecule has 12 nitrogen and oxygen atoms in total. The van der Waals surface area contributed by atoms with E-state index in [0.717, 1.165) is 141 Å². The number of aromatic nitrogens is 11. The minimum atomic E-state index is -0.198. The standard InChI is InChI=1S/C48H48N5O.C41H28N6.Ir/c1-28(2)36-26-32(30-22-24-31(25-23-30)43-50-45(47(5,6)7)52-46(51-43)48(8,9)10)27-37(29(3)4)41(36)53-39-20-13-12-19-38(39)49-44(53)35-18-15-17-34-33-16-11-14-21-40(33)54-42(34)35;1-44-28-45(32-14-4-2-5-15-32)27-34(44)24-29-21-22-38-39(25-29)47-40-35(30-12-10-13-31(26-30)36-19-8-9-23-42-36)18-11-20-37(40)43-41(47)46(38)33-16-6-3-7-17-33;/h11-17,19-29H,1-10H3;2-12,14,16-23,25-27H,24H2,1H3;/q-1;-2;. The molecule has 0 aliphatic carbocycles. The predicted octanol–water partition coefficient (Wildman–Crippen LogP) is 20.5. The Labute approximate surface area is 608 Å². The van der Waals surface area contributed by atoms with Crippen LogP contribution in [0.4, 0.5) is 0 Å². The van der Waals surface area contributed by atoms with Gasteiger partial charge in [-0.2, -0.15) is 30.3 Å². The number of nitrogens with zero attached hydrogens (tertiary/aromatic N) is 11. The van der Waals surface area contributed by atoms with Crippen LogP contribution in [0.15, 0.2) is 241 Å². The van der Waals surface area contributed by atoms with Crippen molar-refractivity contribution >= 4 is 60.8 Å². The fourth-order valence-electron chi connectivity index (χ4n) is 13.8. The van der Waals surface area contributed by atoms with E-state index in [4.69, 9.17) is 29.3 Å². The first-order chi connectivity index (χ1) is 48.9. The topological polar surface area (TPSA) is 114 Å². The van der Waals surface area contributed by atoms with Gasteiger partial charge >= 0.3 is 0 Å². The quantitative estimate of drug-likeness (QED) is 0.0884. The number of aryl methyl sites for hydroxylation is 1. The normalized spacial score (nSPS) is 12.0. The maximum atomic E-state index is 6.55. The zero-order valence-electron chi connectivity index (χ0n) is 59.0. The summed E-state index contributed by atoms with van der Waals surface area (Å²) in [6, 6.07) is 88.2. The van der Waals surface area contributed by atoms with E-state index < -0.39 is 0 Å². The molecule has 505 valence electrons. The van der Waals surface area contributed by atoms with Crippen LogP contribution in [0.1, 0.15) is 115 Å². The van der Waals surface area contributed by atoms with Gasteiger partial charge in [-0.25, -0.2) is 19.9 Å². The van der Waals surface area contributed by atoms with Crippen LogP contribution in [0.3, 0.4) is 0 Å². The van der Waals surface area contributed by atoms with Crippen LogP contribution in [0.25, 0.3) is 134 Å². The number of fused-ring (bicyclic) bond motifs is 9. The number of pyridine rings is 1. The smallest absolute Gasteiger partial charge is 0.241 e. The number of hydrogen-bond acceptors (Lipinski definition) is 7. The Morgan fingerprint density at radius 3 is 1.95 bits per heavy atom. The second-order valence-corrected chi connectivity index (χ2v) is 28.8. The molecule has 0 spiro atoms. The average Bonchev–Trinajstić information content (AvgIpc) is 1.55. The molecule has 0 atom stereocenters. The Kier molecular flexibility index (Phi) is 17.4. The van der Waals surface area contributed by atoms with E-state index in [1.807, 2.05) is 90.6 Å². The van der Waals surface area contributed by atoms with E-state index in [2.05, 4.69) is 275 Å². The largest absolute Gasteiger partial charge is 0.501 e. The van der Waals surface area contributed by atoms with Gasteiger partial charge in [0.1, 0.15) is 17.2 Å². The molecule has 17 rings (SSSR count).